The lowest BCUT2D eigenvalue weighted by Gasteiger charge is -2.41. The lowest BCUT2D eigenvalue weighted by atomic mass is 9.97. The van der Waals surface area contributed by atoms with Gasteiger partial charge in [-0.3, -0.25) is 4.52 Å². The van der Waals surface area contributed by atoms with Crippen LogP contribution in [-0.2, 0) is 45.8 Å². The zero-order valence-electron chi connectivity index (χ0n) is 17.6. The minimum Gasteiger partial charge on any atom is -0.374 e. The molecule has 0 aliphatic carbocycles. The molecule has 0 spiro atoms. The van der Waals surface area contributed by atoms with E-state index in [1.54, 1.807) is 7.11 Å². The van der Waals surface area contributed by atoms with Gasteiger partial charge in [-0.1, -0.05) is 60.7 Å². The first-order chi connectivity index (χ1) is 15.1. The van der Waals surface area contributed by atoms with Crippen molar-refractivity contribution < 1.29 is 32.6 Å². The maximum absolute atomic E-state index is 12.9. The average Bonchev–Trinajstić information content (AvgIpc) is 3.17. The Hall–Kier alpha value is -1.61. The van der Waals surface area contributed by atoms with Crippen molar-refractivity contribution in [3.8, 4) is 0 Å². The SMILES string of the molecule is CO[C@H]1O[C@H](COCc2ccccc2)[C@@H]2NP(=O)(OC)O[C@@H]2[C@H]1OCc1ccccc1. The second-order valence-electron chi connectivity index (χ2n) is 7.45. The van der Waals surface area contributed by atoms with Gasteiger partial charge in [0.25, 0.3) is 0 Å². The molecule has 6 atom stereocenters. The fourth-order valence-corrected chi connectivity index (χ4v) is 5.30. The van der Waals surface area contributed by atoms with Gasteiger partial charge >= 0.3 is 7.75 Å². The van der Waals surface area contributed by atoms with Crippen LogP contribution in [0.2, 0.25) is 0 Å². The second kappa shape index (κ2) is 10.3. The molecule has 2 saturated heterocycles. The van der Waals surface area contributed by atoms with Crippen LogP contribution in [0.1, 0.15) is 11.1 Å². The van der Waals surface area contributed by atoms with Gasteiger partial charge in [-0.05, 0) is 11.1 Å². The van der Waals surface area contributed by atoms with Gasteiger partial charge in [0.05, 0.1) is 25.9 Å². The van der Waals surface area contributed by atoms with Gasteiger partial charge in [0.15, 0.2) is 6.29 Å². The lowest BCUT2D eigenvalue weighted by Crippen LogP contribution is -2.61. The first-order valence-corrected chi connectivity index (χ1v) is 11.7. The zero-order chi connectivity index (χ0) is 21.7. The predicted octanol–water partition coefficient (Wildman–Crippen LogP) is 3.27. The number of ether oxygens (including phenoxy) is 4. The Morgan fingerprint density at radius 3 is 2.23 bits per heavy atom. The Morgan fingerprint density at radius 1 is 0.968 bits per heavy atom. The molecular weight excluding hydrogens is 421 g/mol. The molecule has 8 nitrogen and oxygen atoms in total. The summed E-state index contributed by atoms with van der Waals surface area (Å²) in [6, 6.07) is 19.2. The molecule has 2 aromatic carbocycles. The Kier molecular flexibility index (Phi) is 7.53. The van der Waals surface area contributed by atoms with Crippen LogP contribution in [-0.4, -0.2) is 51.5 Å². The van der Waals surface area contributed by atoms with Crippen molar-refractivity contribution >= 4 is 7.75 Å². The molecule has 31 heavy (non-hydrogen) atoms. The summed E-state index contributed by atoms with van der Waals surface area (Å²) in [5, 5.41) is 2.96. The standard InChI is InChI=1S/C22H28NO7P/c1-25-22-21(28-14-17-11-7-4-8-12-17)20-19(23-31(24,26-2)30-20)18(29-22)15-27-13-16-9-5-3-6-10-16/h3-12,18-22H,13-15H2,1-2H3,(H,23,24)/t18-,19+,20+,21-,22+,31?/m1/s1. The minimum atomic E-state index is -3.47. The zero-order valence-corrected chi connectivity index (χ0v) is 18.5. The van der Waals surface area contributed by atoms with E-state index in [0.717, 1.165) is 11.1 Å². The summed E-state index contributed by atoms with van der Waals surface area (Å²) in [6.45, 7) is 1.04. The first-order valence-electron chi connectivity index (χ1n) is 10.2. The molecule has 0 amide bonds. The highest BCUT2D eigenvalue weighted by atomic mass is 31.2. The summed E-state index contributed by atoms with van der Waals surface area (Å²) in [5.41, 5.74) is 2.06. The molecule has 1 N–H and O–H groups in total. The number of methoxy groups -OCH3 is 1. The van der Waals surface area contributed by atoms with E-state index in [9.17, 15) is 4.57 Å². The highest BCUT2D eigenvalue weighted by Crippen LogP contribution is 2.53. The van der Waals surface area contributed by atoms with E-state index in [0.29, 0.717) is 13.2 Å². The van der Waals surface area contributed by atoms with E-state index < -0.39 is 38.4 Å². The van der Waals surface area contributed by atoms with Gasteiger partial charge in [-0.15, -0.1) is 0 Å². The van der Waals surface area contributed by atoms with Crippen LogP contribution in [0.5, 0.6) is 0 Å². The Balaban J connectivity index is 1.46. The van der Waals surface area contributed by atoms with E-state index in [1.165, 1.54) is 7.11 Å². The number of nitrogens with one attached hydrogen (secondary N) is 1. The lowest BCUT2D eigenvalue weighted by molar-refractivity contribution is -0.276. The number of hydrogen-bond donors (Lipinski definition) is 1. The predicted molar refractivity (Wildman–Crippen MR) is 113 cm³/mol. The largest absolute Gasteiger partial charge is 0.406 e. The third-order valence-corrected chi connectivity index (χ3v) is 6.99. The van der Waals surface area contributed by atoms with Crippen LogP contribution >= 0.6 is 7.75 Å². The van der Waals surface area contributed by atoms with Gasteiger partial charge < -0.3 is 23.5 Å². The van der Waals surface area contributed by atoms with Crippen molar-refractivity contribution in [1.82, 2.24) is 5.09 Å². The van der Waals surface area contributed by atoms with Gasteiger partial charge in [-0.2, -0.15) is 0 Å². The molecule has 9 heteroatoms. The number of benzene rings is 2. The molecule has 2 aliphatic rings. The average molecular weight is 449 g/mol. The molecule has 168 valence electrons. The molecule has 0 saturated carbocycles. The number of fused-ring (bicyclic) bond motifs is 1. The maximum Gasteiger partial charge on any atom is 0.406 e. The smallest absolute Gasteiger partial charge is 0.374 e. The van der Waals surface area contributed by atoms with Gasteiger partial charge in [0.2, 0.25) is 0 Å². The third-order valence-electron chi connectivity index (χ3n) is 5.37. The van der Waals surface area contributed by atoms with E-state index in [1.807, 2.05) is 60.7 Å². The molecule has 0 aromatic heterocycles. The van der Waals surface area contributed by atoms with Gasteiger partial charge in [-0.25, -0.2) is 9.65 Å². The summed E-state index contributed by atoms with van der Waals surface area (Å²) >= 11 is 0. The summed E-state index contributed by atoms with van der Waals surface area (Å²) in [7, 11) is -0.581. The quantitative estimate of drug-likeness (QED) is 0.584. The highest BCUT2D eigenvalue weighted by Gasteiger charge is 2.56. The van der Waals surface area contributed by atoms with Crippen LogP contribution in [0.15, 0.2) is 60.7 Å². The maximum atomic E-state index is 12.9. The van der Waals surface area contributed by atoms with Crippen molar-refractivity contribution in [3.05, 3.63) is 71.8 Å². The van der Waals surface area contributed by atoms with Crippen LogP contribution < -0.4 is 5.09 Å². The van der Waals surface area contributed by atoms with Crippen LogP contribution in [0.3, 0.4) is 0 Å². The second-order valence-corrected chi connectivity index (χ2v) is 9.27. The van der Waals surface area contributed by atoms with Crippen LogP contribution in [0, 0.1) is 0 Å². The highest BCUT2D eigenvalue weighted by molar-refractivity contribution is 7.52. The minimum absolute atomic E-state index is 0.265. The van der Waals surface area contributed by atoms with Crippen molar-refractivity contribution in [2.45, 2.75) is 43.9 Å². The van der Waals surface area contributed by atoms with Crippen LogP contribution in [0.4, 0.5) is 0 Å². The molecule has 1 unspecified atom stereocenters. The van der Waals surface area contributed by atoms with Gasteiger partial charge in [0.1, 0.15) is 18.3 Å². The summed E-state index contributed by atoms with van der Waals surface area (Å²) in [4.78, 5) is 0. The third kappa shape index (κ3) is 5.42. The van der Waals surface area contributed by atoms with E-state index in [-0.39, 0.29) is 6.61 Å². The molecule has 2 aromatic rings. The summed E-state index contributed by atoms with van der Waals surface area (Å²) < 4.78 is 47.5. The van der Waals surface area contributed by atoms with E-state index >= 15 is 0 Å². The first kappa shape index (κ1) is 22.6. The summed E-state index contributed by atoms with van der Waals surface area (Å²) in [6.07, 6.45) is -2.35. The number of hydrogen-bond acceptors (Lipinski definition) is 7. The molecular formula is C22H28NO7P. The molecule has 0 bridgehead atoms. The molecule has 2 fully saturated rings. The Labute approximate surface area is 182 Å². The fraction of sp³-hybridized carbons (Fsp3) is 0.455. The van der Waals surface area contributed by atoms with E-state index in [4.69, 9.17) is 28.0 Å². The molecule has 2 heterocycles. The van der Waals surface area contributed by atoms with Crippen molar-refractivity contribution in [3.63, 3.8) is 0 Å². The molecule has 4 rings (SSSR count). The van der Waals surface area contributed by atoms with Crippen LogP contribution in [0.25, 0.3) is 0 Å². The van der Waals surface area contributed by atoms with Gasteiger partial charge in [0, 0.05) is 14.2 Å². The Bertz CT molecular complexity index is 869. The fourth-order valence-electron chi connectivity index (χ4n) is 3.80. The van der Waals surface area contributed by atoms with Crippen molar-refractivity contribution in [2.75, 3.05) is 20.8 Å². The monoisotopic (exact) mass is 449 g/mol. The van der Waals surface area contributed by atoms with Crippen molar-refractivity contribution in [1.29, 1.82) is 0 Å². The normalized spacial score (nSPS) is 32.6. The molecule has 2 aliphatic heterocycles. The van der Waals surface area contributed by atoms with Crippen molar-refractivity contribution in [2.24, 2.45) is 0 Å². The summed E-state index contributed by atoms with van der Waals surface area (Å²) in [5.74, 6) is 0. The number of rotatable bonds is 9. The molecule has 0 radical (unpaired) electrons. The van der Waals surface area contributed by atoms with E-state index in [2.05, 4.69) is 5.09 Å². The Morgan fingerprint density at radius 2 is 1.61 bits per heavy atom. The topological polar surface area (TPSA) is 84.5 Å².